The molecule has 5 nitrogen and oxygen atoms in total. The highest BCUT2D eigenvalue weighted by atomic mass is 16.2. The van der Waals surface area contributed by atoms with Crippen molar-refractivity contribution >= 4 is 28.3 Å². The molecule has 0 radical (unpaired) electrons. The van der Waals surface area contributed by atoms with Crippen molar-refractivity contribution in [3.63, 3.8) is 0 Å². The van der Waals surface area contributed by atoms with E-state index in [9.17, 15) is 4.79 Å². The van der Waals surface area contributed by atoms with Gasteiger partial charge in [-0.1, -0.05) is 0 Å². The van der Waals surface area contributed by atoms with Crippen LogP contribution < -0.4 is 10.6 Å². The third kappa shape index (κ3) is 2.76. The molecule has 0 aliphatic rings. The van der Waals surface area contributed by atoms with Crippen molar-refractivity contribution in [1.29, 1.82) is 5.26 Å². The molecule has 1 aromatic heterocycles. The van der Waals surface area contributed by atoms with Crippen molar-refractivity contribution in [1.82, 2.24) is 4.57 Å². The molecule has 0 fully saturated rings. The van der Waals surface area contributed by atoms with Gasteiger partial charge in [0.25, 0.3) is 0 Å². The second-order valence-corrected chi connectivity index (χ2v) is 4.97. The topological polar surface area (TPSA) is 69.8 Å². The van der Waals surface area contributed by atoms with E-state index in [1.165, 1.54) is 0 Å². The van der Waals surface area contributed by atoms with Gasteiger partial charge in [-0.3, -0.25) is 0 Å². The van der Waals surface area contributed by atoms with E-state index in [1.54, 1.807) is 24.3 Å². The molecule has 3 rings (SSSR count). The third-order valence-corrected chi connectivity index (χ3v) is 3.41. The molecule has 22 heavy (non-hydrogen) atoms. The van der Waals surface area contributed by atoms with E-state index in [0.29, 0.717) is 11.3 Å². The molecule has 108 valence electrons. The van der Waals surface area contributed by atoms with Crippen LogP contribution in [-0.2, 0) is 7.05 Å². The molecule has 0 saturated heterocycles. The maximum Gasteiger partial charge on any atom is 0.323 e. The largest absolute Gasteiger partial charge is 0.351 e. The summed E-state index contributed by atoms with van der Waals surface area (Å²) in [4.78, 5) is 12.0. The first-order valence-electron chi connectivity index (χ1n) is 6.79. The lowest BCUT2D eigenvalue weighted by Crippen LogP contribution is -2.19. The number of rotatable bonds is 2. The molecule has 0 aliphatic heterocycles. The zero-order chi connectivity index (χ0) is 15.5. The van der Waals surface area contributed by atoms with Crippen LogP contribution in [0.4, 0.5) is 16.2 Å². The van der Waals surface area contributed by atoms with Gasteiger partial charge < -0.3 is 15.2 Å². The van der Waals surface area contributed by atoms with Crippen LogP contribution in [0.25, 0.3) is 10.9 Å². The van der Waals surface area contributed by atoms with Crippen molar-refractivity contribution in [2.75, 3.05) is 10.6 Å². The molecule has 0 aliphatic carbocycles. The molecule has 0 spiro atoms. The maximum absolute atomic E-state index is 12.0. The molecule has 2 amide bonds. The first kappa shape index (κ1) is 13.7. The minimum Gasteiger partial charge on any atom is -0.351 e. The Morgan fingerprint density at radius 2 is 1.73 bits per heavy atom. The van der Waals surface area contributed by atoms with Crippen molar-refractivity contribution in [3.8, 4) is 6.07 Å². The number of nitriles is 1. The molecule has 0 bridgehead atoms. The Labute approximate surface area is 127 Å². The zero-order valence-corrected chi connectivity index (χ0v) is 12.0. The molecular formula is C17H14N4O. The van der Waals surface area contributed by atoms with Gasteiger partial charge in [0.05, 0.1) is 11.6 Å². The number of hydrogen-bond donors (Lipinski definition) is 2. The van der Waals surface area contributed by atoms with Gasteiger partial charge in [0.2, 0.25) is 0 Å². The first-order valence-corrected chi connectivity index (χ1v) is 6.79. The third-order valence-electron chi connectivity index (χ3n) is 3.41. The summed E-state index contributed by atoms with van der Waals surface area (Å²) >= 11 is 0. The number of carbonyl (C=O) groups is 1. The van der Waals surface area contributed by atoms with Crippen LogP contribution in [0.5, 0.6) is 0 Å². The fourth-order valence-corrected chi connectivity index (χ4v) is 2.28. The summed E-state index contributed by atoms with van der Waals surface area (Å²) in [5.74, 6) is 0. The second-order valence-electron chi connectivity index (χ2n) is 4.97. The van der Waals surface area contributed by atoms with E-state index in [2.05, 4.69) is 10.6 Å². The van der Waals surface area contributed by atoms with Gasteiger partial charge in [0.1, 0.15) is 0 Å². The van der Waals surface area contributed by atoms with Crippen LogP contribution in [-0.4, -0.2) is 10.6 Å². The van der Waals surface area contributed by atoms with Gasteiger partial charge in [-0.25, -0.2) is 4.79 Å². The lowest BCUT2D eigenvalue weighted by molar-refractivity contribution is 0.262. The number of benzene rings is 2. The average molecular weight is 290 g/mol. The summed E-state index contributed by atoms with van der Waals surface area (Å²) in [6.45, 7) is 0. The maximum atomic E-state index is 12.0. The van der Waals surface area contributed by atoms with Crippen molar-refractivity contribution in [2.45, 2.75) is 0 Å². The van der Waals surface area contributed by atoms with E-state index >= 15 is 0 Å². The fraction of sp³-hybridized carbons (Fsp3) is 0.0588. The summed E-state index contributed by atoms with van der Waals surface area (Å²) in [6, 6.07) is 16.2. The number of nitrogens with one attached hydrogen (secondary N) is 2. The number of amides is 2. The molecular weight excluding hydrogens is 276 g/mol. The van der Waals surface area contributed by atoms with Gasteiger partial charge in [-0.15, -0.1) is 0 Å². The number of aromatic nitrogens is 1. The molecule has 0 saturated carbocycles. The zero-order valence-electron chi connectivity index (χ0n) is 12.0. The minimum atomic E-state index is -0.319. The minimum absolute atomic E-state index is 0.319. The highest BCUT2D eigenvalue weighted by Crippen LogP contribution is 2.20. The lowest BCUT2D eigenvalue weighted by Gasteiger charge is -2.08. The first-order chi connectivity index (χ1) is 10.7. The Kier molecular flexibility index (Phi) is 3.50. The number of anilines is 2. The molecule has 2 N–H and O–H groups in total. The lowest BCUT2D eigenvalue weighted by atomic mass is 10.2. The average Bonchev–Trinajstić information content (AvgIpc) is 2.89. The van der Waals surface area contributed by atoms with E-state index in [1.807, 2.05) is 48.1 Å². The van der Waals surface area contributed by atoms with Gasteiger partial charge >= 0.3 is 6.03 Å². The van der Waals surface area contributed by atoms with Gasteiger partial charge in [-0.2, -0.15) is 5.26 Å². The van der Waals surface area contributed by atoms with Crippen molar-refractivity contribution in [3.05, 3.63) is 60.3 Å². The molecule has 0 unspecified atom stereocenters. The number of hydrogen-bond acceptors (Lipinski definition) is 2. The Bertz CT molecular complexity index is 872. The fourth-order valence-electron chi connectivity index (χ4n) is 2.28. The van der Waals surface area contributed by atoms with Crippen LogP contribution in [0, 0.1) is 11.3 Å². The molecule has 3 aromatic rings. The molecule has 0 atom stereocenters. The molecule has 2 aromatic carbocycles. The van der Waals surface area contributed by atoms with Crippen molar-refractivity contribution in [2.24, 2.45) is 7.05 Å². The number of carbonyl (C=O) groups excluding carboxylic acids is 1. The number of urea groups is 1. The Morgan fingerprint density at radius 1 is 1.05 bits per heavy atom. The summed E-state index contributed by atoms with van der Waals surface area (Å²) < 4.78 is 2.02. The number of aryl methyl sites for hydroxylation is 1. The second kappa shape index (κ2) is 5.62. The quantitative estimate of drug-likeness (QED) is 0.755. The Hall–Kier alpha value is -3.26. The summed E-state index contributed by atoms with van der Waals surface area (Å²) in [7, 11) is 1.98. The van der Waals surface area contributed by atoms with Gasteiger partial charge in [-0.05, 0) is 48.5 Å². The van der Waals surface area contributed by atoms with Crippen LogP contribution >= 0.6 is 0 Å². The van der Waals surface area contributed by atoms with E-state index in [-0.39, 0.29) is 6.03 Å². The Balaban J connectivity index is 1.70. The highest BCUT2D eigenvalue weighted by molar-refractivity contribution is 6.01. The smallest absolute Gasteiger partial charge is 0.323 e. The predicted molar refractivity (Wildman–Crippen MR) is 86.7 cm³/mol. The van der Waals surface area contributed by atoms with Gasteiger partial charge in [0.15, 0.2) is 0 Å². The van der Waals surface area contributed by atoms with E-state index in [0.717, 1.165) is 16.6 Å². The van der Waals surface area contributed by atoms with E-state index < -0.39 is 0 Å². The summed E-state index contributed by atoms with van der Waals surface area (Å²) in [5.41, 5.74) is 3.03. The van der Waals surface area contributed by atoms with E-state index in [4.69, 9.17) is 5.26 Å². The van der Waals surface area contributed by atoms with Crippen LogP contribution in [0.1, 0.15) is 5.56 Å². The van der Waals surface area contributed by atoms with Crippen LogP contribution in [0.2, 0.25) is 0 Å². The number of nitrogens with zero attached hydrogens (tertiary/aromatic N) is 2. The monoisotopic (exact) mass is 290 g/mol. The van der Waals surface area contributed by atoms with Crippen LogP contribution in [0.3, 0.4) is 0 Å². The Morgan fingerprint density at radius 3 is 2.45 bits per heavy atom. The SMILES string of the molecule is Cn1ccc2cc(NC(=O)Nc3ccc(C#N)cc3)ccc21. The van der Waals surface area contributed by atoms with Crippen molar-refractivity contribution < 1.29 is 4.79 Å². The predicted octanol–water partition coefficient (Wildman–Crippen LogP) is 3.69. The van der Waals surface area contributed by atoms with Crippen LogP contribution in [0.15, 0.2) is 54.7 Å². The van der Waals surface area contributed by atoms with Gasteiger partial charge in [0, 0.05) is 35.5 Å². The summed E-state index contributed by atoms with van der Waals surface area (Å²) in [5, 5.41) is 15.3. The normalized spacial score (nSPS) is 10.2. The molecule has 5 heteroatoms. The highest BCUT2D eigenvalue weighted by Gasteiger charge is 2.05. The summed E-state index contributed by atoms with van der Waals surface area (Å²) in [6.07, 6.45) is 1.98. The number of fused-ring (bicyclic) bond motifs is 1. The standard InChI is InChI=1S/C17H14N4O/c1-21-9-8-13-10-15(6-7-16(13)21)20-17(22)19-14-4-2-12(11-18)3-5-14/h2-10H,1H3,(H2,19,20,22). The molecule has 1 heterocycles.